The van der Waals surface area contributed by atoms with E-state index in [2.05, 4.69) is 14.9 Å². The maximum atomic E-state index is 12.7. The summed E-state index contributed by atoms with van der Waals surface area (Å²) in [4.78, 5) is 25.3. The van der Waals surface area contributed by atoms with Crippen molar-refractivity contribution in [3.63, 3.8) is 0 Å². The molecule has 0 spiro atoms. The molecule has 2 N–H and O–H groups in total. The monoisotopic (exact) mass is 349 g/mol. The summed E-state index contributed by atoms with van der Waals surface area (Å²) in [6, 6.07) is 1.98. The molecule has 1 aromatic heterocycles. The summed E-state index contributed by atoms with van der Waals surface area (Å²) in [6.07, 6.45) is 1.93. The first kappa shape index (κ1) is 17.7. The molecule has 0 aliphatic carbocycles. The Morgan fingerprint density at radius 2 is 2.12 bits per heavy atom. The van der Waals surface area contributed by atoms with E-state index in [9.17, 15) is 4.79 Å². The first-order valence-electron chi connectivity index (χ1n) is 8.83. The zero-order valence-corrected chi connectivity index (χ0v) is 15.1. The molecule has 3 aliphatic rings. The number of hydrogen-bond acceptors (Lipinski definition) is 7. The number of nitrogens with two attached hydrogens (primary N) is 1. The molecule has 8 nitrogen and oxygen atoms in total. The molecule has 2 atom stereocenters. The normalized spacial score (nSPS) is 23.3. The van der Waals surface area contributed by atoms with Gasteiger partial charge in [-0.05, 0) is 26.7 Å². The summed E-state index contributed by atoms with van der Waals surface area (Å²) in [5.74, 6) is 1.59. The van der Waals surface area contributed by atoms with Crippen LogP contribution in [0.2, 0.25) is 0 Å². The molecule has 25 heavy (non-hydrogen) atoms. The van der Waals surface area contributed by atoms with E-state index in [-0.39, 0.29) is 29.9 Å². The Labute approximate surface area is 148 Å². The molecule has 0 radical (unpaired) electrons. The standard InChI is InChI=1S/C17H27N5O3/c1-11(2)25-15-8-14(19-17(18)20-15)21-9-12-4-5-13(10-21)22(16(12)23)6-7-24-3/h8,11-13H,4-7,9-10H2,1-3H3,(H2,18,19,20)/t12-,13+/m1/s1. The first-order valence-corrected chi connectivity index (χ1v) is 8.83. The minimum atomic E-state index is -0.0127. The van der Waals surface area contributed by atoms with Gasteiger partial charge in [-0.25, -0.2) is 0 Å². The van der Waals surface area contributed by atoms with Crippen LogP contribution >= 0.6 is 0 Å². The van der Waals surface area contributed by atoms with Crippen LogP contribution in [0, 0.1) is 5.92 Å². The van der Waals surface area contributed by atoms with Gasteiger partial charge in [0.05, 0.1) is 18.6 Å². The Kier molecular flexibility index (Phi) is 5.27. The number of carbonyl (C=O) groups is 1. The SMILES string of the molecule is COCCN1C(=O)[C@@H]2CC[C@H]1CN(c1cc(OC(C)C)nc(N)n1)C2. The number of rotatable bonds is 6. The molecule has 1 amide bonds. The van der Waals surface area contributed by atoms with Crippen molar-refractivity contribution < 1.29 is 14.3 Å². The van der Waals surface area contributed by atoms with Crippen LogP contribution in [-0.4, -0.2) is 66.3 Å². The van der Waals surface area contributed by atoms with E-state index in [0.29, 0.717) is 25.6 Å². The molecule has 1 aromatic rings. The third kappa shape index (κ3) is 3.95. The lowest BCUT2D eigenvalue weighted by atomic mass is 9.94. The van der Waals surface area contributed by atoms with Crippen molar-refractivity contribution in [2.75, 3.05) is 44.0 Å². The van der Waals surface area contributed by atoms with Crippen molar-refractivity contribution in [2.24, 2.45) is 5.92 Å². The number of aromatic nitrogens is 2. The second kappa shape index (κ2) is 7.43. The number of fused-ring (bicyclic) bond motifs is 4. The van der Waals surface area contributed by atoms with Crippen LogP contribution in [0.3, 0.4) is 0 Å². The number of anilines is 2. The number of nitrogens with zero attached hydrogens (tertiary/aromatic N) is 4. The number of nitrogen functional groups attached to an aromatic ring is 1. The van der Waals surface area contributed by atoms with Gasteiger partial charge in [0, 0.05) is 38.9 Å². The van der Waals surface area contributed by atoms with E-state index < -0.39 is 0 Å². The molecule has 0 saturated carbocycles. The summed E-state index contributed by atoms with van der Waals surface area (Å²) in [7, 11) is 1.66. The van der Waals surface area contributed by atoms with Gasteiger partial charge in [-0.15, -0.1) is 0 Å². The van der Waals surface area contributed by atoms with Crippen LogP contribution in [0.25, 0.3) is 0 Å². The van der Waals surface area contributed by atoms with Gasteiger partial charge in [0.2, 0.25) is 17.7 Å². The first-order chi connectivity index (χ1) is 12.0. The van der Waals surface area contributed by atoms with Crippen LogP contribution in [-0.2, 0) is 9.53 Å². The van der Waals surface area contributed by atoms with E-state index in [4.69, 9.17) is 15.2 Å². The molecular formula is C17H27N5O3. The fourth-order valence-corrected chi connectivity index (χ4v) is 3.61. The number of ether oxygens (including phenoxy) is 2. The lowest BCUT2D eigenvalue weighted by molar-refractivity contribution is -0.140. The average molecular weight is 349 g/mol. The predicted octanol–water partition coefficient (Wildman–Crippen LogP) is 0.920. The second-order valence-electron chi connectivity index (χ2n) is 6.95. The summed E-state index contributed by atoms with van der Waals surface area (Å²) in [6.45, 7) is 6.46. The fourth-order valence-electron chi connectivity index (χ4n) is 3.61. The van der Waals surface area contributed by atoms with Gasteiger partial charge in [0.15, 0.2) is 0 Å². The Balaban J connectivity index is 1.82. The third-order valence-electron chi connectivity index (χ3n) is 4.72. The van der Waals surface area contributed by atoms with Crippen molar-refractivity contribution in [2.45, 2.75) is 38.8 Å². The quantitative estimate of drug-likeness (QED) is 0.816. The highest BCUT2D eigenvalue weighted by Gasteiger charge is 2.40. The van der Waals surface area contributed by atoms with Crippen LogP contribution in [0.1, 0.15) is 26.7 Å². The molecule has 2 bridgehead atoms. The topological polar surface area (TPSA) is 93.8 Å². The summed E-state index contributed by atoms with van der Waals surface area (Å²) < 4.78 is 10.8. The molecule has 3 aliphatic heterocycles. The second-order valence-corrected chi connectivity index (χ2v) is 6.95. The molecular weight excluding hydrogens is 322 g/mol. The molecule has 0 unspecified atom stereocenters. The van der Waals surface area contributed by atoms with E-state index in [1.54, 1.807) is 7.11 Å². The lowest BCUT2D eigenvalue weighted by Crippen LogP contribution is -2.49. The molecule has 3 fully saturated rings. The molecule has 138 valence electrons. The van der Waals surface area contributed by atoms with Crippen LogP contribution in [0.5, 0.6) is 5.88 Å². The molecule has 4 rings (SSSR count). The predicted molar refractivity (Wildman–Crippen MR) is 94.5 cm³/mol. The van der Waals surface area contributed by atoms with Crippen molar-refractivity contribution in [3.05, 3.63) is 6.07 Å². The molecule has 4 heterocycles. The number of amides is 1. The van der Waals surface area contributed by atoms with Gasteiger partial charge in [-0.3, -0.25) is 4.79 Å². The smallest absolute Gasteiger partial charge is 0.227 e. The third-order valence-corrected chi connectivity index (χ3v) is 4.72. The molecule has 3 saturated heterocycles. The van der Waals surface area contributed by atoms with Crippen molar-refractivity contribution in [3.8, 4) is 5.88 Å². The van der Waals surface area contributed by atoms with Gasteiger partial charge < -0.3 is 25.0 Å². The Bertz CT molecular complexity index is 624. The minimum absolute atomic E-state index is 0.00794. The van der Waals surface area contributed by atoms with E-state index >= 15 is 0 Å². The highest BCUT2D eigenvalue weighted by molar-refractivity contribution is 5.81. The molecule has 8 heteroatoms. The number of carbonyl (C=O) groups excluding carboxylic acids is 1. The largest absolute Gasteiger partial charge is 0.475 e. The van der Waals surface area contributed by atoms with Gasteiger partial charge in [0.1, 0.15) is 5.82 Å². The summed E-state index contributed by atoms with van der Waals surface area (Å²) in [5.41, 5.74) is 5.86. The average Bonchev–Trinajstić information content (AvgIpc) is 2.83. The van der Waals surface area contributed by atoms with Crippen LogP contribution in [0.15, 0.2) is 6.07 Å². The summed E-state index contributed by atoms with van der Waals surface area (Å²) in [5, 5.41) is 0. The van der Waals surface area contributed by atoms with Crippen molar-refractivity contribution in [1.29, 1.82) is 0 Å². The van der Waals surface area contributed by atoms with Gasteiger partial charge in [0.25, 0.3) is 0 Å². The Morgan fingerprint density at radius 3 is 2.84 bits per heavy atom. The summed E-state index contributed by atoms with van der Waals surface area (Å²) >= 11 is 0. The number of piperidine rings is 1. The highest BCUT2D eigenvalue weighted by atomic mass is 16.5. The minimum Gasteiger partial charge on any atom is -0.475 e. The maximum Gasteiger partial charge on any atom is 0.227 e. The molecule has 0 aromatic carbocycles. The van der Waals surface area contributed by atoms with Crippen LogP contribution in [0.4, 0.5) is 11.8 Å². The van der Waals surface area contributed by atoms with Crippen molar-refractivity contribution >= 4 is 17.7 Å². The Morgan fingerprint density at radius 1 is 1.32 bits per heavy atom. The van der Waals surface area contributed by atoms with E-state index in [1.165, 1.54) is 0 Å². The van der Waals surface area contributed by atoms with Crippen LogP contribution < -0.4 is 15.4 Å². The van der Waals surface area contributed by atoms with E-state index in [1.807, 2.05) is 24.8 Å². The number of methoxy groups -OCH3 is 1. The zero-order valence-electron chi connectivity index (χ0n) is 15.1. The highest BCUT2D eigenvalue weighted by Crippen LogP contribution is 2.32. The zero-order chi connectivity index (χ0) is 18.0. The van der Waals surface area contributed by atoms with Gasteiger partial charge >= 0.3 is 0 Å². The Hall–Kier alpha value is -2.09. The fraction of sp³-hybridized carbons (Fsp3) is 0.706. The number of hydrogen-bond donors (Lipinski definition) is 1. The lowest BCUT2D eigenvalue weighted by Gasteiger charge is -2.35. The van der Waals surface area contributed by atoms with Gasteiger partial charge in [-0.2, -0.15) is 9.97 Å². The van der Waals surface area contributed by atoms with E-state index in [0.717, 1.165) is 25.2 Å². The maximum absolute atomic E-state index is 12.7. The van der Waals surface area contributed by atoms with Gasteiger partial charge in [-0.1, -0.05) is 0 Å². The van der Waals surface area contributed by atoms with Crippen molar-refractivity contribution in [1.82, 2.24) is 14.9 Å².